The molecule has 1 atom stereocenters. The van der Waals surface area contributed by atoms with Gasteiger partial charge in [-0.2, -0.15) is 0 Å². The van der Waals surface area contributed by atoms with Gasteiger partial charge in [0.15, 0.2) is 5.11 Å². The summed E-state index contributed by atoms with van der Waals surface area (Å²) < 4.78 is 5.48. The molecular weight excluding hydrogens is 345 g/mol. The van der Waals surface area contributed by atoms with Crippen LogP contribution in [0.4, 0.5) is 5.69 Å². The van der Waals surface area contributed by atoms with Gasteiger partial charge in [-0.1, -0.05) is 23.2 Å². The van der Waals surface area contributed by atoms with Crippen LogP contribution < -0.4 is 16.0 Å². The molecule has 1 amide bonds. The molecule has 1 aliphatic heterocycles. The van der Waals surface area contributed by atoms with Crippen LogP contribution in [0.3, 0.4) is 0 Å². The number of anilines is 1. The number of ether oxygens (including phenoxy) is 1. The highest BCUT2D eigenvalue weighted by Crippen LogP contribution is 2.25. The van der Waals surface area contributed by atoms with Crippen LogP contribution in [0.5, 0.6) is 0 Å². The Morgan fingerprint density at radius 2 is 2.18 bits per heavy atom. The molecule has 3 N–H and O–H groups in total. The van der Waals surface area contributed by atoms with Crippen LogP contribution in [0.25, 0.3) is 0 Å². The first kappa shape index (κ1) is 17.3. The summed E-state index contributed by atoms with van der Waals surface area (Å²) in [6.07, 6.45) is 2.30. The lowest BCUT2D eigenvalue weighted by molar-refractivity contribution is -0.115. The Morgan fingerprint density at radius 3 is 2.91 bits per heavy atom. The maximum absolute atomic E-state index is 11.9. The zero-order valence-corrected chi connectivity index (χ0v) is 14.2. The maximum atomic E-state index is 11.9. The predicted molar refractivity (Wildman–Crippen MR) is 92.7 cm³/mol. The molecule has 120 valence electrons. The van der Waals surface area contributed by atoms with Crippen LogP contribution in [0, 0.1) is 0 Å². The standard InChI is InChI=1S/C14H17Cl2N3O2S/c15-9-3-4-11(16)12(6-9)19-13(20)8-18-14(22)17-7-10-2-1-5-21-10/h3-4,6,10H,1-2,5,7-8H2,(H,19,20)(H2,17,18,22)/t10-/m0/s1. The summed E-state index contributed by atoms with van der Waals surface area (Å²) in [5, 5.41) is 9.89. The van der Waals surface area contributed by atoms with Crippen molar-refractivity contribution in [3.8, 4) is 0 Å². The first-order valence-corrected chi connectivity index (χ1v) is 8.09. The molecule has 8 heteroatoms. The van der Waals surface area contributed by atoms with Gasteiger partial charge in [0, 0.05) is 18.2 Å². The molecule has 1 saturated heterocycles. The van der Waals surface area contributed by atoms with E-state index in [0.717, 1.165) is 19.4 Å². The molecule has 1 heterocycles. The summed E-state index contributed by atoms with van der Waals surface area (Å²) in [6.45, 7) is 1.49. The van der Waals surface area contributed by atoms with E-state index in [9.17, 15) is 4.79 Å². The van der Waals surface area contributed by atoms with Crippen LogP contribution in [-0.2, 0) is 9.53 Å². The first-order valence-electron chi connectivity index (χ1n) is 6.93. The van der Waals surface area contributed by atoms with Crippen LogP contribution in [0.2, 0.25) is 10.0 Å². The Morgan fingerprint density at radius 1 is 1.36 bits per heavy atom. The van der Waals surface area contributed by atoms with E-state index in [1.54, 1.807) is 18.2 Å². The third kappa shape index (κ3) is 5.61. The number of rotatable bonds is 5. The summed E-state index contributed by atoms with van der Waals surface area (Å²) in [7, 11) is 0. The van der Waals surface area contributed by atoms with Crippen LogP contribution >= 0.6 is 35.4 Å². The highest BCUT2D eigenvalue weighted by atomic mass is 35.5. The molecule has 0 unspecified atom stereocenters. The van der Waals surface area contributed by atoms with Gasteiger partial charge in [0.2, 0.25) is 5.91 Å². The zero-order chi connectivity index (χ0) is 15.9. The molecular formula is C14H17Cl2N3O2S. The smallest absolute Gasteiger partial charge is 0.243 e. The van der Waals surface area contributed by atoms with Crippen molar-refractivity contribution in [3.05, 3.63) is 28.2 Å². The van der Waals surface area contributed by atoms with E-state index in [4.69, 9.17) is 40.2 Å². The lowest BCUT2D eigenvalue weighted by atomic mass is 10.2. The number of nitrogens with one attached hydrogen (secondary N) is 3. The fraction of sp³-hybridized carbons (Fsp3) is 0.429. The van der Waals surface area contributed by atoms with E-state index < -0.39 is 0 Å². The number of carbonyl (C=O) groups is 1. The third-order valence-electron chi connectivity index (χ3n) is 3.13. The topological polar surface area (TPSA) is 62.4 Å². The molecule has 1 aromatic rings. The van der Waals surface area contributed by atoms with Crippen molar-refractivity contribution in [2.45, 2.75) is 18.9 Å². The van der Waals surface area contributed by atoms with Crippen molar-refractivity contribution in [2.75, 3.05) is 25.0 Å². The van der Waals surface area contributed by atoms with Gasteiger partial charge in [0.05, 0.1) is 23.4 Å². The van der Waals surface area contributed by atoms with Crippen molar-refractivity contribution >= 4 is 52.1 Å². The summed E-state index contributed by atoms with van der Waals surface area (Å²) in [6, 6.07) is 4.87. The second-order valence-electron chi connectivity index (χ2n) is 4.87. The highest BCUT2D eigenvalue weighted by Gasteiger charge is 2.15. The fourth-order valence-electron chi connectivity index (χ4n) is 2.02. The Balaban J connectivity index is 1.70. The monoisotopic (exact) mass is 361 g/mol. The van der Waals surface area contributed by atoms with Crippen LogP contribution in [0.1, 0.15) is 12.8 Å². The number of halogens is 2. The third-order valence-corrected chi connectivity index (χ3v) is 3.98. The quantitative estimate of drug-likeness (QED) is 0.703. The van der Waals surface area contributed by atoms with E-state index in [1.165, 1.54) is 0 Å². The van der Waals surface area contributed by atoms with Crippen molar-refractivity contribution in [1.82, 2.24) is 10.6 Å². The van der Waals surface area contributed by atoms with E-state index in [-0.39, 0.29) is 18.6 Å². The second kappa shape index (κ2) is 8.53. The molecule has 0 aliphatic carbocycles. The summed E-state index contributed by atoms with van der Waals surface area (Å²) in [5.74, 6) is -0.259. The average molecular weight is 362 g/mol. The first-order chi connectivity index (χ1) is 10.5. The molecule has 5 nitrogen and oxygen atoms in total. The molecule has 0 saturated carbocycles. The average Bonchev–Trinajstić information content (AvgIpc) is 3.00. The van der Waals surface area contributed by atoms with Gasteiger partial charge >= 0.3 is 0 Å². The molecule has 0 spiro atoms. The minimum absolute atomic E-state index is 0.0419. The Hall–Kier alpha value is -1.08. The molecule has 0 aromatic heterocycles. The van der Waals surface area contributed by atoms with Crippen LogP contribution in [0.15, 0.2) is 18.2 Å². The van der Waals surface area contributed by atoms with Crippen LogP contribution in [-0.4, -0.2) is 36.8 Å². The minimum Gasteiger partial charge on any atom is -0.376 e. The van der Waals surface area contributed by atoms with Gasteiger partial charge in [-0.25, -0.2) is 0 Å². The van der Waals surface area contributed by atoms with Crippen molar-refractivity contribution in [1.29, 1.82) is 0 Å². The van der Waals surface area contributed by atoms with E-state index >= 15 is 0 Å². The zero-order valence-electron chi connectivity index (χ0n) is 11.8. The summed E-state index contributed by atoms with van der Waals surface area (Å²) >= 11 is 17.0. The van der Waals surface area contributed by atoms with E-state index in [0.29, 0.717) is 27.4 Å². The largest absolute Gasteiger partial charge is 0.376 e. The predicted octanol–water partition coefficient (Wildman–Crippen LogP) is 2.58. The molecule has 1 aliphatic rings. The number of carbonyl (C=O) groups excluding carboxylic acids is 1. The highest BCUT2D eigenvalue weighted by molar-refractivity contribution is 7.80. The van der Waals surface area contributed by atoms with Gasteiger partial charge in [0.1, 0.15) is 0 Å². The summed E-state index contributed by atoms with van der Waals surface area (Å²) in [5.41, 5.74) is 0.471. The molecule has 0 radical (unpaired) electrons. The minimum atomic E-state index is -0.259. The van der Waals surface area contributed by atoms with Gasteiger partial charge in [0.25, 0.3) is 0 Å². The lowest BCUT2D eigenvalue weighted by Crippen LogP contribution is -2.42. The van der Waals surface area contributed by atoms with Gasteiger partial charge < -0.3 is 20.7 Å². The molecule has 22 heavy (non-hydrogen) atoms. The fourth-order valence-corrected chi connectivity index (χ4v) is 2.52. The van der Waals surface area contributed by atoms with Crippen molar-refractivity contribution < 1.29 is 9.53 Å². The SMILES string of the molecule is O=C(CNC(=S)NC[C@@H]1CCCO1)Nc1cc(Cl)ccc1Cl. The van der Waals surface area contributed by atoms with Gasteiger partial charge in [-0.3, -0.25) is 4.79 Å². The van der Waals surface area contributed by atoms with Crippen molar-refractivity contribution in [3.63, 3.8) is 0 Å². The Kier molecular flexibility index (Phi) is 6.70. The number of thiocarbonyl (C=S) groups is 1. The van der Waals surface area contributed by atoms with Gasteiger partial charge in [-0.05, 0) is 43.3 Å². The molecule has 1 aromatic carbocycles. The normalized spacial score (nSPS) is 17.1. The number of amides is 1. The number of benzene rings is 1. The molecule has 1 fully saturated rings. The van der Waals surface area contributed by atoms with E-state index in [2.05, 4.69) is 16.0 Å². The van der Waals surface area contributed by atoms with Crippen molar-refractivity contribution in [2.24, 2.45) is 0 Å². The Labute approximate surface area is 144 Å². The summed E-state index contributed by atoms with van der Waals surface area (Å²) in [4.78, 5) is 11.9. The Bertz CT molecular complexity index is 551. The molecule has 2 rings (SSSR count). The number of hydrogen-bond donors (Lipinski definition) is 3. The molecule has 0 bridgehead atoms. The number of hydrogen-bond acceptors (Lipinski definition) is 3. The van der Waals surface area contributed by atoms with E-state index in [1.807, 2.05) is 0 Å². The lowest BCUT2D eigenvalue weighted by Gasteiger charge is -2.14. The maximum Gasteiger partial charge on any atom is 0.243 e. The van der Waals surface area contributed by atoms with Gasteiger partial charge in [-0.15, -0.1) is 0 Å². The second-order valence-corrected chi connectivity index (χ2v) is 6.12.